The van der Waals surface area contributed by atoms with Gasteiger partial charge in [-0.15, -0.1) is 11.6 Å². The van der Waals surface area contributed by atoms with Crippen molar-refractivity contribution < 1.29 is 18.7 Å². The van der Waals surface area contributed by atoms with Crippen LogP contribution in [-0.2, 0) is 5.88 Å². The second-order valence-corrected chi connectivity index (χ2v) is 3.03. The second-order valence-electron chi connectivity index (χ2n) is 2.76. The quantitative estimate of drug-likeness (QED) is 0.831. The Morgan fingerprint density at radius 2 is 2.31 bits per heavy atom. The van der Waals surface area contributed by atoms with Crippen molar-refractivity contribution in [1.29, 1.82) is 5.26 Å². The third kappa shape index (κ3) is 2.09. The number of carbonyl (C=O) groups is 1. The zero-order valence-electron chi connectivity index (χ0n) is 7.75. The Labute approximate surface area is 94.1 Å². The number of rotatable bonds is 3. The predicted molar refractivity (Wildman–Crippen MR) is 50.4 cm³/mol. The molecule has 0 aliphatic carbocycles. The number of nitriles is 1. The number of aromatic carboxylic acids is 1. The molecule has 0 radical (unpaired) electrons. The van der Waals surface area contributed by atoms with Crippen LogP contribution in [0.3, 0.4) is 0 Å². The molecule has 0 fully saturated rings. The molecule has 7 heteroatoms. The molecule has 16 heavy (non-hydrogen) atoms. The van der Waals surface area contributed by atoms with Crippen molar-refractivity contribution in [2.75, 3.05) is 0 Å². The Morgan fingerprint density at radius 3 is 2.69 bits per heavy atom. The van der Waals surface area contributed by atoms with Gasteiger partial charge in [0.05, 0.1) is 11.4 Å². The minimum Gasteiger partial charge on any atom is -0.478 e. The van der Waals surface area contributed by atoms with Gasteiger partial charge in [0.2, 0.25) is 0 Å². The fraction of sp³-hybridized carbons (Fsp3) is 0.222. The van der Waals surface area contributed by atoms with Crippen molar-refractivity contribution >= 4 is 17.6 Å². The van der Waals surface area contributed by atoms with E-state index in [1.165, 1.54) is 0 Å². The van der Waals surface area contributed by atoms with Crippen molar-refractivity contribution in [2.24, 2.45) is 0 Å². The van der Waals surface area contributed by atoms with Gasteiger partial charge in [-0.1, -0.05) is 0 Å². The van der Waals surface area contributed by atoms with Gasteiger partial charge in [-0.2, -0.15) is 5.26 Å². The summed E-state index contributed by atoms with van der Waals surface area (Å²) < 4.78 is 25.4. The zero-order chi connectivity index (χ0) is 12.3. The van der Waals surface area contributed by atoms with Gasteiger partial charge in [-0.05, 0) is 0 Å². The van der Waals surface area contributed by atoms with Gasteiger partial charge in [-0.3, -0.25) is 0 Å². The van der Waals surface area contributed by atoms with Gasteiger partial charge in [0.15, 0.2) is 0 Å². The van der Waals surface area contributed by atoms with E-state index >= 15 is 0 Å². The van der Waals surface area contributed by atoms with Gasteiger partial charge in [0, 0.05) is 17.3 Å². The standard InChI is InChI=1S/C9H5ClF2N2O2/c10-1-4-6(2-13)14-3-5(9(15)16)7(4)8(11)12/h3,8H,1H2,(H,15,16). The Hall–Kier alpha value is -1.74. The summed E-state index contributed by atoms with van der Waals surface area (Å²) in [6.07, 6.45) is -2.28. The first-order valence-corrected chi connectivity index (χ1v) is 4.55. The zero-order valence-corrected chi connectivity index (χ0v) is 8.50. The summed E-state index contributed by atoms with van der Waals surface area (Å²) in [4.78, 5) is 14.2. The van der Waals surface area contributed by atoms with Crippen molar-refractivity contribution in [2.45, 2.75) is 12.3 Å². The summed E-state index contributed by atoms with van der Waals surface area (Å²) in [5.41, 5.74) is -1.90. The highest BCUT2D eigenvalue weighted by atomic mass is 35.5. The molecule has 1 heterocycles. The van der Waals surface area contributed by atoms with Gasteiger partial charge >= 0.3 is 5.97 Å². The van der Waals surface area contributed by atoms with E-state index < -0.39 is 29.4 Å². The second kappa shape index (κ2) is 4.86. The lowest BCUT2D eigenvalue weighted by Gasteiger charge is -2.10. The molecule has 0 bridgehead atoms. The van der Waals surface area contributed by atoms with E-state index in [2.05, 4.69) is 4.98 Å². The van der Waals surface area contributed by atoms with Crippen LogP contribution in [0.2, 0.25) is 0 Å². The highest BCUT2D eigenvalue weighted by Crippen LogP contribution is 2.29. The van der Waals surface area contributed by atoms with E-state index in [0.717, 1.165) is 6.20 Å². The molecule has 0 amide bonds. The molecule has 0 aliphatic rings. The summed E-state index contributed by atoms with van der Waals surface area (Å²) in [5, 5.41) is 17.3. The number of pyridine rings is 1. The van der Waals surface area contributed by atoms with Gasteiger partial charge < -0.3 is 5.11 Å². The van der Waals surface area contributed by atoms with Crippen LogP contribution in [0.15, 0.2) is 6.20 Å². The van der Waals surface area contributed by atoms with Crippen LogP contribution < -0.4 is 0 Å². The average molecular weight is 247 g/mol. The SMILES string of the molecule is N#Cc1ncc(C(=O)O)c(C(F)F)c1CCl. The Balaban J connectivity index is 3.58. The predicted octanol–water partition coefficient (Wildman–Crippen LogP) is 2.33. The van der Waals surface area contributed by atoms with Crippen LogP contribution in [0.5, 0.6) is 0 Å². The molecule has 0 unspecified atom stereocenters. The lowest BCUT2D eigenvalue weighted by molar-refractivity contribution is 0.0683. The van der Waals surface area contributed by atoms with Gasteiger partial charge in [-0.25, -0.2) is 18.6 Å². The lowest BCUT2D eigenvalue weighted by atomic mass is 10.0. The molecule has 0 atom stereocenters. The normalized spacial score (nSPS) is 10.2. The molecule has 1 rings (SSSR count). The van der Waals surface area contributed by atoms with Gasteiger partial charge in [0.25, 0.3) is 6.43 Å². The number of aromatic nitrogens is 1. The summed E-state index contributed by atoms with van der Waals surface area (Å²) in [7, 11) is 0. The van der Waals surface area contributed by atoms with Crippen LogP contribution >= 0.6 is 11.6 Å². The van der Waals surface area contributed by atoms with E-state index in [-0.39, 0.29) is 11.3 Å². The van der Waals surface area contributed by atoms with E-state index in [1.807, 2.05) is 0 Å². The first-order valence-electron chi connectivity index (χ1n) is 4.02. The van der Waals surface area contributed by atoms with Crippen molar-refractivity contribution in [3.63, 3.8) is 0 Å². The lowest BCUT2D eigenvalue weighted by Crippen LogP contribution is -2.09. The number of halogens is 3. The minimum atomic E-state index is -3.02. The average Bonchev–Trinajstić information content (AvgIpc) is 2.26. The Kier molecular flexibility index (Phi) is 3.74. The maximum atomic E-state index is 12.7. The molecular weight excluding hydrogens is 242 g/mol. The smallest absolute Gasteiger partial charge is 0.337 e. The number of carboxylic acid groups (broad SMARTS) is 1. The van der Waals surface area contributed by atoms with E-state index in [1.54, 1.807) is 6.07 Å². The maximum Gasteiger partial charge on any atom is 0.337 e. The third-order valence-corrected chi connectivity index (χ3v) is 2.18. The molecule has 84 valence electrons. The molecule has 1 aromatic heterocycles. The number of carboxylic acids is 1. The van der Waals surface area contributed by atoms with Crippen molar-refractivity contribution in [3.05, 3.63) is 28.6 Å². The minimum absolute atomic E-state index is 0.237. The summed E-state index contributed by atoms with van der Waals surface area (Å²) in [6, 6.07) is 1.59. The molecule has 1 N–H and O–H groups in total. The fourth-order valence-corrected chi connectivity index (χ4v) is 1.49. The summed E-state index contributed by atoms with van der Waals surface area (Å²) in [5.74, 6) is -1.92. The van der Waals surface area contributed by atoms with Crippen LogP contribution in [0.1, 0.15) is 33.6 Å². The largest absolute Gasteiger partial charge is 0.478 e. The number of hydrogen-bond acceptors (Lipinski definition) is 3. The first kappa shape index (κ1) is 12.3. The Morgan fingerprint density at radius 1 is 1.69 bits per heavy atom. The molecular formula is C9H5ClF2N2O2. The monoisotopic (exact) mass is 246 g/mol. The number of nitrogens with zero attached hydrogens (tertiary/aromatic N) is 2. The third-order valence-electron chi connectivity index (χ3n) is 1.91. The van der Waals surface area contributed by atoms with Crippen molar-refractivity contribution in [3.8, 4) is 6.07 Å². The van der Waals surface area contributed by atoms with Crippen LogP contribution in [0.4, 0.5) is 8.78 Å². The first-order chi connectivity index (χ1) is 7.52. The highest BCUT2D eigenvalue weighted by molar-refractivity contribution is 6.17. The van der Waals surface area contributed by atoms with Crippen LogP contribution in [-0.4, -0.2) is 16.1 Å². The van der Waals surface area contributed by atoms with E-state index in [0.29, 0.717) is 0 Å². The summed E-state index contributed by atoms with van der Waals surface area (Å²) in [6.45, 7) is 0. The molecule has 1 aromatic rings. The summed E-state index contributed by atoms with van der Waals surface area (Å²) >= 11 is 5.42. The molecule has 0 saturated carbocycles. The molecule has 0 aliphatic heterocycles. The molecule has 0 aromatic carbocycles. The van der Waals surface area contributed by atoms with E-state index in [9.17, 15) is 13.6 Å². The fourth-order valence-electron chi connectivity index (χ4n) is 1.22. The molecule has 0 spiro atoms. The van der Waals surface area contributed by atoms with E-state index in [4.69, 9.17) is 22.0 Å². The molecule has 4 nitrogen and oxygen atoms in total. The van der Waals surface area contributed by atoms with Crippen molar-refractivity contribution in [1.82, 2.24) is 4.98 Å². The molecule has 0 saturated heterocycles. The van der Waals surface area contributed by atoms with Crippen LogP contribution in [0.25, 0.3) is 0 Å². The number of hydrogen-bond donors (Lipinski definition) is 1. The topological polar surface area (TPSA) is 74.0 Å². The maximum absolute atomic E-state index is 12.7. The Bertz CT molecular complexity index is 471. The number of alkyl halides is 3. The van der Waals surface area contributed by atoms with Gasteiger partial charge in [0.1, 0.15) is 11.8 Å². The van der Waals surface area contributed by atoms with Crippen LogP contribution in [0, 0.1) is 11.3 Å². The highest BCUT2D eigenvalue weighted by Gasteiger charge is 2.24.